The molecule has 1 aromatic heterocycles. The molecule has 2 aromatic rings. The molecule has 0 fully saturated rings. The molecular weight excluding hydrogens is 278 g/mol. The van der Waals surface area contributed by atoms with Gasteiger partial charge in [0.2, 0.25) is 5.91 Å². The molecule has 5 nitrogen and oxygen atoms in total. The quantitative estimate of drug-likeness (QED) is 0.899. The van der Waals surface area contributed by atoms with E-state index in [1.165, 1.54) is 16.8 Å². The zero-order chi connectivity index (χ0) is 15.6. The van der Waals surface area contributed by atoms with Crippen LogP contribution in [0.15, 0.2) is 24.4 Å². The van der Waals surface area contributed by atoms with Crippen molar-refractivity contribution in [3.63, 3.8) is 0 Å². The summed E-state index contributed by atoms with van der Waals surface area (Å²) < 4.78 is 28.1. The summed E-state index contributed by atoms with van der Waals surface area (Å²) in [4.78, 5) is 11.3. The van der Waals surface area contributed by atoms with Crippen molar-refractivity contribution in [1.82, 2.24) is 15.1 Å². The normalized spacial score (nSPS) is 12.2. The maximum absolute atomic E-state index is 13.8. The van der Waals surface area contributed by atoms with E-state index in [4.69, 9.17) is 5.73 Å². The Morgan fingerprint density at radius 2 is 2.19 bits per heavy atom. The van der Waals surface area contributed by atoms with E-state index in [1.807, 2.05) is 0 Å². The number of carbonyl (C=O) groups excluding carboxylic acids is 1. The molecule has 1 atom stereocenters. The van der Waals surface area contributed by atoms with E-state index in [-0.39, 0.29) is 24.2 Å². The Hall–Kier alpha value is -2.28. The molecule has 0 radical (unpaired) electrons. The average Bonchev–Trinajstić information content (AvgIpc) is 2.80. The van der Waals surface area contributed by atoms with Gasteiger partial charge in [0.25, 0.3) is 0 Å². The molecule has 0 bridgehead atoms. The zero-order valence-corrected chi connectivity index (χ0v) is 11.7. The fraction of sp³-hybridized carbons (Fsp3) is 0.286. The molecule has 7 heteroatoms. The predicted octanol–water partition coefficient (Wildman–Crippen LogP) is 1.59. The van der Waals surface area contributed by atoms with Gasteiger partial charge in [0.05, 0.1) is 18.8 Å². The number of amides is 1. The minimum absolute atomic E-state index is 0.107. The lowest BCUT2D eigenvalue weighted by Crippen LogP contribution is -2.32. The highest BCUT2D eigenvalue weighted by molar-refractivity contribution is 5.78. The molecule has 0 aliphatic rings. The van der Waals surface area contributed by atoms with Gasteiger partial charge in [0.1, 0.15) is 11.5 Å². The third-order valence-electron chi connectivity index (χ3n) is 3.22. The van der Waals surface area contributed by atoms with Crippen LogP contribution in [0.1, 0.15) is 24.2 Å². The Morgan fingerprint density at radius 3 is 2.81 bits per heavy atom. The van der Waals surface area contributed by atoms with Crippen LogP contribution < -0.4 is 11.1 Å². The van der Waals surface area contributed by atoms with Crippen LogP contribution in [0, 0.1) is 18.6 Å². The van der Waals surface area contributed by atoms with Crippen LogP contribution in [0.4, 0.5) is 8.78 Å². The number of nitrogens with one attached hydrogen (secondary N) is 1. The Kier molecular flexibility index (Phi) is 4.32. The molecular formula is C14H16F2N4O. The number of benzene rings is 1. The maximum atomic E-state index is 13.8. The fourth-order valence-corrected chi connectivity index (χ4v) is 2.12. The number of hydrogen-bond acceptors (Lipinski definition) is 3. The van der Waals surface area contributed by atoms with Gasteiger partial charge in [0.15, 0.2) is 5.82 Å². The average molecular weight is 294 g/mol. The number of carbonyl (C=O) groups is 1. The van der Waals surface area contributed by atoms with Crippen molar-refractivity contribution < 1.29 is 13.6 Å². The van der Waals surface area contributed by atoms with Gasteiger partial charge in [0, 0.05) is 17.3 Å². The lowest BCUT2D eigenvalue weighted by Gasteiger charge is -2.13. The number of rotatable bonds is 4. The second kappa shape index (κ2) is 6.01. The summed E-state index contributed by atoms with van der Waals surface area (Å²) in [5.41, 5.74) is 6.79. The van der Waals surface area contributed by atoms with Crippen LogP contribution in [0.3, 0.4) is 0 Å². The molecule has 21 heavy (non-hydrogen) atoms. The first kappa shape index (κ1) is 15.1. The van der Waals surface area contributed by atoms with Crippen molar-refractivity contribution >= 4 is 5.91 Å². The van der Waals surface area contributed by atoms with Gasteiger partial charge in [-0.15, -0.1) is 0 Å². The molecule has 0 unspecified atom stereocenters. The van der Waals surface area contributed by atoms with E-state index >= 15 is 0 Å². The topological polar surface area (TPSA) is 72.9 Å². The lowest BCUT2D eigenvalue weighted by molar-refractivity contribution is -0.120. The summed E-state index contributed by atoms with van der Waals surface area (Å²) in [6.07, 6.45) is 1.54. The maximum Gasteiger partial charge on any atom is 0.234 e. The molecule has 3 N–H and O–H groups in total. The monoisotopic (exact) mass is 294 g/mol. The Morgan fingerprint density at radius 1 is 1.48 bits per heavy atom. The van der Waals surface area contributed by atoms with Crippen molar-refractivity contribution in [3.8, 4) is 5.69 Å². The molecule has 1 aromatic carbocycles. The van der Waals surface area contributed by atoms with Crippen molar-refractivity contribution in [3.05, 3.63) is 47.3 Å². The van der Waals surface area contributed by atoms with Crippen molar-refractivity contribution in [2.24, 2.45) is 5.73 Å². The number of nitrogens with zero attached hydrogens (tertiary/aromatic N) is 2. The van der Waals surface area contributed by atoms with E-state index in [2.05, 4.69) is 10.4 Å². The van der Waals surface area contributed by atoms with Crippen LogP contribution >= 0.6 is 0 Å². The van der Waals surface area contributed by atoms with Crippen molar-refractivity contribution in [2.45, 2.75) is 19.9 Å². The predicted molar refractivity (Wildman–Crippen MR) is 73.8 cm³/mol. The van der Waals surface area contributed by atoms with Gasteiger partial charge in [-0.05, 0) is 26.0 Å². The molecule has 112 valence electrons. The van der Waals surface area contributed by atoms with E-state index < -0.39 is 11.6 Å². The highest BCUT2D eigenvalue weighted by Crippen LogP contribution is 2.22. The van der Waals surface area contributed by atoms with Crippen molar-refractivity contribution in [2.75, 3.05) is 6.54 Å². The molecule has 2 rings (SSSR count). The van der Waals surface area contributed by atoms with E-state index in [0.717, 1.165) is 11.6 Å². The highest BCUT2D eigenvalue weighted by Gasteiger charge is 2.17. The van der Waals surface area contributed by atoms with Crippen LogP contribution in [0.25, 0.3) is 5.69 Å². The molecule has 0 saturated carbocycles. The van der Waals surface area contributed by atoms with E-state index in [9.17, 15) is 13.6 Å². The second-order valence-corrected chi connectivity index (χ2v) is 4.69. The number of nitrogens with two attached hydrogens (primary N) is 1. The van der Waals surface area contributed by atoms with Crippen LogP contribution in [-0.4, -0.2) is 22.2 Å². The zero-order valence-electron chi connectivity index (χ0n) is 11.7. The van der Waals surface area contributed by atoms with Crippen LogP contribution in [-0.2, 0) is 4.79 Å². The highest BCUT2D eigenvalue weighted by atomic mass is 19.1. The van der Waals surface area contributed by atoms with E-state index in [0.29, 0.717) is 5.69 Å². The van der Waals surface area contributed by atoms with Gasteiger partial charge in [-0.3, -0.25) is 4.79 Å². The fourth-order valence-electron chi connectivity index (χ4n) is 2.12. The molecule has 0 saturated heterocycles. The molecule has 0 spiro atoms. The Balaban J connectivity index is 2.34. The second-order valence-electron chi connectivity index (χ2n) is 4.69. The Bertz CT molecular complexity index is 669. The summed E-state index contributed by atoms with van der Waals surface area (Å²) in [5, 5.41) is 6.81. The lowest BCUT2D eigenvalue weighted by atomic mass is 10.1. The standard InChI is InChI=1S/C14H16F2N4O/c1-8(19-14(21)6-17)11-7-18-20(9(11)2)13-4-3-10(15)5-12(13)16/h3-5,7-8H,6,17H2,1-2H3,(H,19,21)/t8-/m0/s1. The number of halogens is 2. The molecule has 1 amide bonds. The smallest absolute Gasteiger partial charge is 0.234 e. The first-order valence-electron chi connectivity index (χ1n) is 6.43. The molecule has 0 aliphatic heterocycles. The first-order valence-corrected chi connectivity index (χ1v) is 6.43. The van der Waals surface area contributed by atoms with Gasteiger partial charge in [-0.25, -0.2) is 13.5 Å². The van der Waals surface area contributed by atoms with Crippen molar-refractivity contribution in [1.29, 1.82) is 0 Å². The van der Waals surface area contributed by atoms with Gasteiger partial charge in [-0.1, -0.05) is 0 Å². The minimum atomic E-state index is -0.702. The first-order chi connectivity index (χ1) is 9.93. The number of hydrogen-bond donors (Lipinski definition) is 2. The summed E-state index contributed by atoms with van der Waals surface area (Å²) >= 11 is 0. The third-order valence-corrected chi connectivity index (χ3v) is 3.22. The third kappa shape index (κ3) is 3.08. The largest absolute Gasteiger partial charge is 0.348 e. The van der Waals surface area contributed by atoms with E-state index in [1.54, 1.807) is 20.0 Å². The summed E-state index contributed by atoms with van der Waals surface area (Å²) in [6.45, 7) is 3.42. The SMILES string of the molecule is Cc1c([C@H](C)NC(=O)CN)cnn1-c1ccc(F)cc1F. The Labute approximate surface area is 120 Å². The van der Waals surface area contributed by atoms with Gasteiger partial charge in [-0.2, -0.15) is 5.10 Å². The molecule has 1 heterocycles. The summed E-state index contributed by atoms with van der Waals surface area (Å²) in [5.74, 6) is -1.64. The van der Waals surface area contributed by atoms with Crippen LogP contribution in [0.2, 0.25) is 0 Å². The summed E-state index contributed by atoms with van der Waals surface area (Å²) in [6, 6.07) is 2.98. The van der Waals surface area contributed by atoms with Gasteiger partial charge >= 0.3 is 0 Å². The minimum Gasteiger partial charge on any atom is -0.348 e. The van der Waals surface area contributed by atoms with Gasteiger partial charge < -0.3 is 11.1 Å². The molecule has 0 aliphatic carbocycles. The summed E-state index contributed by atoms with van der Waals surface area (Å²) in [7, 11) is 0. The van der Waals surface area contributed by atoms with Crippen LogP contribution in [0.5, 0.6) is 0 Å². The number of aromatic nitrogens is 2.